The van der Waals surface area contributed by atoms with Crippen LogP contribution in [0.25, 0.3) is 0 Å². The number of carbonyl (C=O) groups is 1. The van der Waals surface area contributed by atoms with Crippen LogP contribution in [0.1, 0.15) is 10.4 Å². The van der Waals surface area contributed by atoms with E-state index in [1.807, 2.05) is 19.0 Å². The van der Waals surface area contributed by atoms with E-state index in [9.17, 15) is 13.2 Å². The minimum atomic E-state index is -3.74. The van der Waals surface area contributed by atoms with Crippen molar-refractivity contribution in [3.05, 3.63) is 23.8 Å². The van der Waals surface area contributed by atoms with Gasteiger partial charge in [0, 0.05) is 13.1 Å². The Morgan fingerprint density at radius 3 is 2.55 bits per heavy atom. The molecule has 0 aliphatic carbocycles. The number of hydrogen-bond acceptors (Lipinski definition) is 5. The number of likely N-dealkylation sites (N-methyl/N-ethyl adjacent to an activating group) is 1. The minimum absolute atomic E-state index is 0.00209. The second-order valence-corrected chi connectivity index (χ2v) is 6.11. The Hall–Kier alpha value is -1.64. The first-order valence-electron chi connectivity index (χ1n) is 5.83. The summed E-state index contributed by atoms with van der Waals surface area (Å²) >= 11 is 0. The van der Waals surface area contributed by atoms with Crippen LogP contribution in [0.5, 0.6) is 5.75 Å². The Balaban J connectivity index is 3.02. The molecule has 0 bridgehead atoms. The van der Waals surface area contributed by atoms with Crippen molar-refractivity contribution in [2.75, 3.05) is 34.3 Å². The number of aromatic carboxylic acids is 1. The molecule has 0 aliphatic heterocycles. The van der Waals surface area contributed by atoms with E-state index in [4.69, 9.17) is 9.84 Å². The quantitative estimate of drug-likeness (QED) is 0.749. The van der Waals surface area contributed by atoms with Crippen LogP contribution < -0.4 is 9.46 Å². The smallest absolute Gasteiger partial charge is 0.335 e. The first-order chi connectivity index (χ1) is 9.27. The van der Waals surface area contributed by atoms with Crippen LogP contribution in [0.3, 0.4) is 0 Å². The van der Waals surface area contributed by atoms with Gasteiger partial charge in [-0.25, -0.2) is 17.9 Å². The lowest BCUT2D eigenvalue weighted by molar-refractivity contribution is 0.0696. The van der Waals surface area contributed by atoms with E-state index in [2.05, 4.69) is 4.72 Å². The van der Waals surface area contributed by atoms with Crippen molar-refractivity contribution < 1.29 is 23.1 Å². The lowest BCUT2D eigenvalue weighted by Gasteiger charge is -2.13. The molecule has 0 amide bonds. The van der Waals surface area contributed by atoms with Crippen molar-refractivity contribution >= 4 is 16.0 Å². The summed E-state index contributed by atoms with van der Waals surface area (Å²) in [6.45, 7) is 0.800. The molecule has 0 atom stereocenters. The Bertz CT molecular complexity index is 584. The normalized spacial score (nSPS) is 11.6. The summed E-state index contributed by atoms with van der Waals surface area (Å²) in [6.07, 6.45) is 0. The van der Waals surface area contributed by atoms with Crippen LogP contribution in [-0.4, -0.2) is 58.7 Å². The second kappa shape index (κ2) is 6.69. The summed E-state index contributed by atoms with van der Waals surface area (Å²) in [5.74, 6) is -1.14. The number of carboxylic acid groups (broad SMARTS) is 1. The molecule has 1 aromatic rings. The van der Waals surface area contributed by atoms with Gasteiger partial charge in [-0.3, -0.25) is 0 Å². The highest BCUT2D eigenvalue weighted by Crippen LogP contribution is 2.24. The fraction of sp³-hybridized carbons (Fsp3) is 0.417. The third kappa shape index (κ3) is 4.19. The minimum Gasteiger partial charge on any atom is -0.495 e. The number of nitrogens with zero attached hydrogens (tertiary/aromatic N) is 1. The number of benzene rings is 1. The van der Waals surface area contributed by atoms with E-state index < -0.39 is 16.0 Å². The number of hydrogen-bond donors (Lipinski definition) is 2. The number of sulfonamides is 1. The van der Waals surface area contributed by atoms with E-state index in [0.29, 0.717) is 6.54 Å². The summed E-state index contributed by atoms with van der Waals surface area (Å²) in [5.41, 5.74) is -0.0332. The molecule has 112 valence electrons. The number of ether oxygens (including phenoxy) is 1. The topological polar surface area (TPSA) is 95.9 Å². The van der Waals surface area contributed by atoms with Crippen LogP contribution in [-0.2, 0) is 10.0 Å². The van der Waals surface area contributed by atoms with Crippen molar-refractivity contribution in [1.82, 2.24) is 9.62 Å². The van der Waals surface area contributed by atoms with Crippen molar-refractivity contribution in [2.24, 2.45) is 0 Å². The van der Waals surface area contributed by atoms with Crippen molar-refractivity contribution in [1.29, 1.82) is 0 Å². The van der Waals surface area contributed by atoms with E-state index in [-0.39, 0.29) is 22.8 Å². The highest BCUT2D eigenvalue weighted by molar-refractivity contribution is 7.89. The second-order valence-electron chi connectivity index (χ2n) is 4.37. The van der Waals surface area contributed by atoms with Gasteiger partial charge in [-0.1, -0.05) is 0 Å². The molecular formula is C12H18N2O5S. The number of rotatable bonds is 7. The predicted molar refractivity (Wildman–Crippen MR) is 73.7 cm³/mol. The zero-order chi connectivity index (χ0) is 15.3. The van der Waals surface area contributed by atoms with Gasteiger partial charge < -0.3 is 14.7 Å². The molecule has 1 aromatic carbocycles. The zero-order valence-corrected chi connectivity index (χ0v) is 12.4. The van der Waals surface area contributed by atoms with Crippen molar-refractivity contribution in [2.45, 2.75) is 4.90 Å². The molecule has 0 spiro atoms. The van der Waals surface area contributed by atoms with Gasteiger partial charge in [0.1, 0.15) is 10.6 Å². The monoisotopic (exact) mass is 302 g/mol. The molecular weight excluding hydrogens is 284 g/mol. The Morgan fingerprint density at radius 2 is 2.05 bits per heavy atom. The summed E-state index contributed by atoms with van der Waals surface area (Å²) < 4.78 is 31.6. The summed E-state index contributed by atoms with van der Waals surface area (Å²) in [4.78, 5) is 12.6. The predicted octanol–water partition coefficient (Wildman–Crippen LogP) is 0.233. The Morgan fingerprint density at radius 1 is 1.40 bits per heavy atom. The lowest BCUT2D eigenvalue weighted by Crippen LogP contribution is -2.31. The van der Waals surface area contributed by atoms with E-state index in [0.717, 1.165) is 0 Å². The van der Waals surface area contributed by atoms with Gasteiger partial charge >= 0.3 is 5.97 Å². The molecule has 8 heteroatoms. The average Bonchev–Trinajstić information content (AvgIpc) is 2.37. The molecule has 0 saturated carbocycles. The van der Waals surface area contributed by atoms with E-state index in [1.54, 1.807) is 0 Å². The zero-order valence-electron chi connectivity index (χ0n) is 11.6. The van der Waals surface area contributed by atoms with E-state index >= 15 is 0 Å². The molecule has 0 heterocycles. The first-order valence-corrected chi connectivity index (χ1v) is 7.32. The van der Waals surface area contributed by atoms with Crippen LogP contribution >= 0.6 is 0 Å². The summed E-state index contributed by atoms with van der Waals surface area (Å²) in [7, 11) is 1.22. The molecule has 20 heavy (non-hydrogen) atoms. The maximum Gasteiger partial charge on any atom is 0.335 e. The molecule has 0 saturated heterocycles. The fourth-order valence-electron chi connectivity index (χ4n) is 1.50. The average molecular weight is 302 g/mol. The van der Waals surface area contributed by atoms with Gasteiger partial charge in [0.05, 0.1) is 12.7 Å². The maximum atomic E-state index is 12.1. The summed E-state index contributed by atoms with van der Waals surface area (Å²) in [6, 6.07) is 3.63. The molecule has 7 nitrogen and oxygen atoms in total. The van der Waals surface area contributed by atoms with Crippen molar-refractivity contribution in [3.8, 4) is 5.75 Å². The van der Waals surface area contributed by atoms with Gasteiger partial charge in [0.2, 0.25) is 10.0 Å². The summed E-state index contributed by atoms with van der Waals surface area (Å²) in [5, 5.41) is 8.87. The van der Waals surface area contributed by atoms with Gasteiger partial charge in [-0.15, -0.1) is 0 Å². The number of nitrogens with one attached hydrogen (secondary N) is 1. The molecule has 0 radical (unpaired) electrons. The SMILES string of the molecule is COc1cc(C(=O)O)ccc1S(=O)(=O)NCCN(C)C. The Kier molecular flexibility index (Phi) is 5.49. The molecule has 0 aliphatic rings. The molecule has 0 fully saturated rings. The Labute approximate surface area is 118 Å². The van der Waals surface area contributed by atoms with E-state index in [1.165, 1.54) is 25.3 Å². The maximum absolute atomic E-state index is 12.1. The molecule has 2 N–H and O–H groups in total. The molecule has 0 aromatic heterocycles. The number of methoxy groups -OCH3 is 1. The standard InChI is InChI=1S/C12H18N2O5S/c1-14(2)7-6-13-20(17,18)11-5-4-9(12(15)16)8-10(11)19-3/h4-5,8,13H,6-7H2,1-3H3,(H,15,16). The largest absolute Gasteiger partial charge is 0.495 e. The third-order valence-electron chi connectivity index (χ3n) is 2.55. The highest BCUT2D eigenvalue weighted by atomic mass is 32.2. The molecule has 1 rings (SSSR count). The number of carboxylic acids is 1. The first kappa shape index (κ1) is 16.4. The van der Waals surface area contributed by atoms with Gasteiger partial charge in [-0.05, 0) is 32.3 Å². The third-order valence-corrected chi connectivity index (χ3v) is 4.05. The van der Waals surface area contributed by atoms with Gasteiger partial charge in [-0.2, -0.15) is 0 Å². The van der Waals surface area contributed by atoms with Crippen LogP contribution in [0, 0.1) is 0 Å². The van der Waals surface area contributed by atoms with Crippen molar-refractivity contribution in [3.63, 3.8) is 0 Å². The van der Waals surface area contributed by atoms with Crippen LogP contribution in [0.2, 0.25) is 0 Å². The highest BCUT2D eigenvalue weighted by Gasteiger charge is 2.20. The molecule has 0 unspecified atom stereocenters. The van der Waals surface area contributed by atoms with Gasteiger partial charge in [0.15, 0.2) is 0 Å². The van der Waals surface area contributed by atoms with Gasteiger partial charge in [0.25, 0.3) is 0 Å². The lowest BCUT2D eigenvalue weighted by atomic mass is 10.2. The fourth-order valence-corrected chi connectivity index (χ4v) is 2.67. The van der Waals surface area contributed by atoms with Crippen LogP contribution in [0.15, 0.2) is 23.1 Å². The van der Waals surface area contributed by atoms with Crippen LogP contribution in [0.4, 0.5) is 0 Å².